The molecule has 5 heteroatoms. The Hall–Kier alpha value is -4.15. The van der Waals surface area contributed by atoms with Crippen molar-refractivity contribution in [2.24, 2.45) is 5.41 Å². The maximum Gasteiger partial charge on any atom is 0.121 e. The van der Waals surface area contributed by atoms with Gasteiger partial charge >= 0.3 is 0 Å². The summed E-state index contributed by atoms with van der Waals surface area (Å²) in [7, 11) is -1.39. The number of hydrogen-bond acceptors (Lipinski definition) is 3. The van der Waals surface area contributed by atoms with Gasteiger partial charge in [0, 0.05) is 37.9 Å². The molecule has 0 bridgehead atoms. The van der Waals surface area contributed by atoms with E-state index >= 15 is 0 Å². The van der Waals surface area contributed by atoms with Crippen LogP contribution in [0.25, 0.3) is 55.6 Å². The van der Waals surface area contributed by atoms with E-state index in [9.17, 15) is 0 Å². The van der Waals surface area contributed by atoms with Crippen LogP contribution in [0.5, 0.6) is 0 Å². The average molecular weight is 837 g/mol. The molecule has 251 valence electrons. The number of rotatable bonds is 5. The Morgan fingerprint density at radius 1 is 0.755 bits per heavy atom. The Morgan fingerprint density at radius 3 is 2.18 bits per heavy atom. The Labute approximate surface area is 306 Å². The maximum absolute atomic E-state index is 6.27. The third-order valence-electron chi connectivity index (χ3n) is 8.46. The van der Waals surface area contributed by atoms with Crippen LogP contribution in [-0.2, 0) is 26.5 Å². The summed E-state index contributed by atoms with van der Waals surface area (Å²) in [5, 5.41) is 3.71. The normalized spacial score (nSPS) is 11.6. The van der Waals surface area contributed by atoms with Crippen molar-refractivity contribution in [2.45, 2.75) is 60.7 Å². The molecule has 0 saturated carbocycles. The third-order valence-corrected chi connectivity index (χ3v) is 10.5. The van der Waals surface area contributed by atoms with Crippen LogP contribution in [-0.4, -0.2) is 18.0 Å². The van der Waals surface area contributed by atoms with Crippen molar-refractivity contribution < 1.29 is 24.5 Å². The zero-order valence-corrected chi connectivity index (χ0v) is 33.1. The van der Waals surface area contributed by atoms with Gasteiger partial charge in [-0.1, -0.05) is 124 Å². The van der Waals surface area contributed by atoms with Crippen molar-refractivity contribution in [2.75, 3.05) is 0 Å². The molecule has 0 unspecified atom stereocenters. The smallest absolute Gasteiger partial charge is 0.121 e. The monoisotopic (exact) mass is 837 g/mol. The topological polar surface area (TPSA) is 38.9 Å². The molecule has 0 aliphatic rings. The van der Waals surface area contributed by atoms with Crippen LogP contribution in [0, 0.1) is 31.4 Å². The number of aromatic nitrogens is 2. The van der Waals surface area contributed by atoms with Crippen LogP contribution in [0.2, 0.25) is 19.6 Å². The van der Waals surface area contributed by atoms with Crippen molar-refractivity contribution in [3.63, 3.8) is 0 Å². The number of aryl methyl sites for hydroxylation is 2. The molecular formula is C44H44IrN2OSi-2. The van der Waals surface area contributed by atoms with Gasteiger partial charge in [-0.2, -0.15) is 0 Å². The number of furan rings is 1. The summed E-state index contributed by atoms with van der Waals surface area (Å²) >= 11 is 0. The maximum atomic E-state index is 6.27. The molecule has 1 radical (unpaired) electrons. The number of benzene rings is 4. The molecule has 4 aromatic carbocycles. The van der Waals surface area contributed by atoms with E-state index < -0.39 is 8.07 Å². The summed E-state index contributed by atoms with van der Waals surface area (Å²) in [6.45, 7) is 18.3. The fraction of sp³-hybridized carbons (Fsp3) is 0.227. The van der Waals surface area contributed by atoms with E-state index in [2.05, 4.69) is 138 Å². The molecule has 3 nitrogen and oxygen atoms in total. The molecule has 0 saturated heterocycles. The van der Waals surface area contributed by atoms with Crippen molar-refractivity contribution in [3.8, 4) is 33.6 Å². The SMILES string of the molecule is Cc1cc[c-]c(-c2cc(CC(C)(C)C)c([Si](C)(C)C)cn2)c1.Cc1ccnc(-c2[c-]ccc3c2oc2cccc(-c4ccccc4)c23)c1.[Ir]. The molecule has 7 aromatic rings. The molecule has 0 spiro atoms. The zero-order chi connectivity index (χ0) is 34.1. The van der Waals surface area contributed by atoms with E-state index in [4.69, 9.17) is 9.40 Å². The first kappa shape index (κ1) is 36.1. The van der Waals surface area contributed by atoms with E-state index in [1.807, 2.05) is 42.6 Å². The Kier molecular flexibility index (Phi) is 10.9. The molecule has 7 rings (SSSR count). The molecule has 0 aliphatic heterocycles. The minimum atomic E-state index is -1.39. The van der Waals surface area contributed by atoms with Crippen molar-refractivity contribution in [1.29, 1.82) is 0 Å². The first-order valence-electron chi connectivity index (χ1n) is 16.7. The van der Waals surface area contributed by atoms with Gasteiger partial charge in [0.25, 0.3) is 0 Å². The summed E-state index contributed by atoms with van der Waals surface area (Å²) in [5.41, 5.74) is 12.2. The van der Waals surface area contributed by atoms with Crippen molar-refractivity contribution in [1.82, 2.24) is 9.97 Å². The Bertz CT molecular complexity index is 2210. The summed E-state index contributed by atoms with van der Waals surface area (Å²) in [6, 6.07) is 39.9. The first-order valence-corrected chi connectivity index (χ1v) is 20.2. The average Bonchev–Trinajstić information content (AvgIpc) is 3.43. The fourth-order valence-electron chi connectivity index (χ4n) is 6.28. The standard InChI is InChI=1S/C24H16NO.C20H28NSi.Ir/c1-16-13-14-25-21(15-16)19-10-5-11-20-23-18(17-7-3-2-4-8-17)9-6-12-22(23)26-24(19)20;1-15-9-8-10-16(11-15)18-12-17(13-20(2,3)4)19(14-21-18)22(5,6)7;/h2-9,11-15H,1H3;8-9,11-12,14H,13H2,1-7H3;/q2*-1;. The summed E-state index contributed by atoms with van der Waals surface area (Å²) in [4.78, 5) is 9.27. The van der Waals surface area contributed by atoms with Gasteiger partial charge in [-0.05, 0) is 58.6 Å². The quantitative estimate of drug-likeness (QED) is 0.128. The summed E-state index contributed by atoms with van der Waals surface area (Å²) < 4.78 is 6.27. The molecule has 0 amide bonds. The summed E-state index contributed by atoms with van der Waals surface area (Å²) in [5.74, 6) is 0. The van der Waals surface area contributed by atoms with Crippen molar-refractivity contribution >= 4 is 35.2 Å². The Morgan fingerprint density at radius 2 is 1.49 bits per heavy atom. The second-order valence-electron chi connectivity index (χ2n) is 15.0. The van der Waals surface area contributed by atoms with Crippen molar-refractivity contribution in [3.05, 3.63) is 138 Å². The molecule has 3 heterocycles. The molecule has 0 atom stereocenters. The van der Waals surface area contributed by atoms with Crippen LogP contribution in [0.15, 0.2) is 114 Å². The number of nitrogens with zero attached hydrogens (tertiary/aromatic N) is 2. The molecule has 0 aliphatic carbocycles. The Balaban J connectivity index is 0.000000190. The van der Waals surface area contributed by atoms with Gasteiger partial charge in [-0.3, -0.25) is 0 Å². The fourth-order valence-corrected chi connectivity index (χ4v) is 7.85. The second-order valence-corrected chi connectivity index (χ2v) is 20.0. The molecule has 0 N–H and O–H groups in total. The van der Waals surface area contributed by atoms with Gasteiger partial charge in [-0.25, -0.2) is 0 Å². The number of hydrogen-bond donors (Lipinski definition) is 0. The van der Waals surface area contributed by atoms with Gasteiger partial charge in [0.2, 0.25) is 0 Å². The minimum Gasteiger partial charge on any atom is -0.501 e. The zero-order valence-electron chi connectivity index (χ0n) is 29.7. The van der Waals surface area contributed by atoms with Crippen LogP contribution in [0.3, 0.4) is 0 Å². The van der Waals surface area contributed by atoms with Gasteiger partial charge in [0.15, 0.2) is 0 Å². The van der Waals surface area contributed by atoms with Crippen LogP contribution in [0.4, 0.5) is 0 Å². The largest absolute Gasteiger partial charge is 0.501 e. The van der Waals surface area contributed by atoms with Gasteiger partial charge in [-0.15, -0.1) is 53.6 Å². The predicted molar refractivity (Wildman–Crippen MR) is 205 cm³/mol. The molecule has 0 fully saturated rings. The van der Waals surface area contributed by atoms with E-state index in [0.29, 0.717) is 0 Å². The van der Waals surface area contributed by atoms with Crippen LogP contribution in [0.1, 0.15) is 37.5 Å². The van der Waals surface area contributed by atoms with Crippen LogP contribution < -0.4 is 5.19 Å². The number of fused-ring (bicyclic) bond motifs is 3. The minimum absolute atomic E-state index is 0. The predicted octanol–water partition coefficient (Wildman–Crippen LogP) is 11.4. The van der Waals surface area contributed by atoms with Gasteiger partial charge < -0.3 is 14.4 Å². The second kappa shape index (κ2) is 14.8. The van der Waals surface area contributed by atoms with Gasteiger partial charge in [0.05, 0.1) is 13.7 Å². The molecular weight excluding hydrogens is 793 g/mol. The van der Waals surface area contributed by atoms with E-state index in [0.717, 1.165) is 50.9 Å². The first-order chi connectivity index (χ1) is 22.9. The number of pyridine rings is 2. The van der Waals surface area contributed by atoms with E-state index in [1.54, 1.807) is 0 Å². The van der Waals surface area contributed by atoms with E-state index in [-0.39, 0.29) is 25.5 Å². The van der Waals surface area contributed by atoms with E-state index in [1.165, 1.54) is 33.0 Å². The molecule has 49 heavy (non-hydrogen) atoms. The summed E-state index contributed by atoms with van der Waals surface area (Å²) in [6.07, 6.45) is 5.04. The van der Waals surface area contributed by atoms with Crippen LogP contribution >= 0.6 is 0 Å². The van der Waals surface area contributed by atoms with Gasteiger partial charge in [0.1, 0.15) is 5.58 Å². The molecule has 3 aromatic heterocycles. The third kappa shape index (κ3) is 8.36.